The van der Waals surface area contributed by atoms with E-state index in [0.29, 0.717) is 27.5 Å². The Morgan fingerprint density at radius 3 is 2.76 bits per heavy atom. The normalized spacial score (nSPS) is 15.9. The highest BCUT2D eigenvalue weighted by Gasteiger charge is 2.24. The molecule has 0 atom stereocenters. The van der Waals surface area contributed by atoms with E-state index in [2.05, 4.69) is 15.3 Å². The first-order valence-electron chi connectivity index (χ1n) is 10.3. The number of hydrogen-bond acceptors (Lipinski definition) is 9. The molecule has 7 nitrogen and oxygen atoms in total. The van der Waals surface area contributed by atoms with Crippen molar-refractivity contribution in [2.24, 2.45) is 4.99 Å². The molecule has 10 heteroatoms. The van der Waals surface area contributed by atoms with Gasteiger partial charge in [-0.05, 0) is 85.0 Å². The molecule has 4 aromatic rings. The number of thiazole rings is 1. The third-order valence-corrected chi connectivity index (χ3v) is 7.58. The van der Waals surface area contributed by atoms with Gasteiger partial charge in [-0.3, -0.25) is 4.79 Å². The van der Waals surface area contributed by atoms with Crippen molar-refractivity contribution >= 4 is 67.9 Å². The Labute approximate surface area is 208 Å². The zero-order valence-electron chi connectivity index (χ0n) is 18.2. The van der Waals surface area contributed by atoms with Crippen LogP contribution in [0.25, 0.3) is 16.3 Å². The van der Waals surface area contributed by atoms with Crippen LogP contribution < -0.4 is 14.8 Å². The number of aromatic nitrogens is 1. The fourth-order valence-electron chi connectivity index (χ4n) is 3.12. The van der Waals surface area contributed by atoms with Crippen molar-refractivity contribution in [3.63, 3.8) is 0 Å². The van der Waals surface area contributed by atoms with Crippen LogP contribution in [0.5, 0.6) is 11.5 Å². The van der Waals surface area contributed by atoms with Crippen LogP contribution >= 0.6 is 34.9 Å². The van der Waals surface area contributed by atoms with Crippen molar-refractivity contribution in [2.45, 2.75) is 16.4 Å². The Kier molecular flexibility index (Phi) is 6.61. The van der Waals surface area contributed by atoms with Crippen molar-refractivity contribution in [1.29, 1.82) is 0 Å². The van der Waals surface area contributed by atoms with Crippen LogP contribution in [0.1, 0.15) is 12.7 Å². The number of aliphatic imine (C=N–C) groups is 1. The number of nitrogens with zero attached hydrogens (tertiary/aromatic N) is 2. The summed E-state index contributed by atoms with van der Waals surface area (Å²) in [6, 6.07) is 16.9. The van der Waals surface area contributed by atoms with E-state index in [0.717, 1.165) is 31.7 Å². The maximum atomic E-state index is 12.4. The lowest BCUT2D eigenvalue weighted by atomic mass is 10.3. The molecule has 0 aliphatic carbocycles. The summed E-state index contributed by atoms with van der Waals surface area (Å²) in [5.41, 5.74) is 1.65. The number of carbonyl (C=O) groups is 1. The van der Waals surface area contributed by atoms with Crippen molar-refractivity contribution in [1.82, 2.24) is 10.3 Å². The van der Waals surface area contributed by atoms with Crippen molar-refractivity contribution < 1.29 is 18.7 Å². The Balaban J connectivity index is 1.28. The summed E-state index contributed by atoms with van der Waals surface area (Å²) >= 11 is 4.30. The predicted molar refractivity (Wildman–Crippen MR) is 137 cm³/mol. The van der Waals surface area contributed by atoms with Gasteiger partial charge in [-0.2, -0.15) is 0 Å². The van der Waals surface area contributed by atoms with Gasteiger partial charge >= 0.3 is 0 Å². The molecule has 0 bridgehead atoms. The molecule has 0 spiro atoms. The highest BCUT2D eigenvalue weighted by Crippen LogP contribution is 2.37. The number of carbonyl (C=O) groups excluding carboxylic acids is 1. The summed E-state index contributed by atoms with van der Waals surface area (Å²) in [5, 5.41) is 4.00. The van der Waals surface area contributed by atoms with E-state index in [4.69, 9.17) is 13.9 Å². The first-order chi connectivity index (χ1) is 16.6. The summed E-state index contributed by atoms with van der Waals surface area (Å²) in [6.45, 7) is 2.59. The molecule has 1 fully saturated rings. The minimum Gasteiger partial charge on any atom is -0.497 e. The average Bonchev–Trinajstić information content (AvgIpc) is 3.53. The summed E-state index contributed by atoms with van der Waals surface area (Å²) < 4.78 is 18.6. The number of nitrogens with one attached hydrogen (secondary N) is 1. The Bertz CT molecular complexity index is 1410. The molecule has 172 valence electrons. The molecular weight excluding hydrogens is 490 g/mol. The number of ether oxygens (including phenoxy) is 2. The third-order valence-electron chi connectivity index (χ3n) is 4.67. The monoisotopic (exact) mass is 509 g/mol. The van der Waals surface area contributed by atoms with Crippen LogP contribution in [0.4, 0.5) is 5.69 Å². The van der Waals surface area contributed by atoms with E-state index in [1.165, 1.54) is 23.5 Å². The maximum absolute atomic E-state index is 12.4. The fourth-order valence-corrected chi connectivity index (χ4v) is 5.94. The van der Waals surface area contributed by atoms with Gasteiger partial charge in [0.2, 0.25) is 0 Å². The van der Waals surface area contributed by atoms with Crippen LogP contribution in [0.3, 0.4) is 0 Å². The van der Waals surface area contributed by atoms with Gasteiger partial charge in [-0.15, -0.1) is 11.3 Å². The van der Waals surface area contributed by atoms with E-state index in [9.17, 15) is 4.79 Å². The Hall–Kier alpha value is -3.21. The number of thioether (sulfide) groups is 1. The molecule has 2 aromatic carbocycles. The molecule has 1 amide bonds. The highest BCUT2D eigenvalue weighted by molar-refractivity contribution is 8.18. The molecule has 0 radical (unpaired) electrons. The molecule has 2 aromatic heterocycles. The fraction of sp³-hybridized carbons (Fsp3) is 0.125. The van der Waals surface area contributed by atoms with E-state index in [-0.39, 0.29) is 5.91 Å². The Morgan fingerprint density at radius 1 is 1.15 bits per heavy atom. The van der Waals surface area contributed by atoms with Gasteiger partial charge in [-0.25, -0.2) is 9.98 Å². The molecule has 0 saturated carbocycles. The van der Waals surface area contributed by atoms with E-state index in [1.807, 2.05) is 61.5 Å². The molecular formula is C24H19N3O4S3. The number of benzene rings is 2. The van der Waals surface area contributed by atoms with E-state index >= 15 is 0 Å². The van der Waals surface area contributed by atoms with Gasteiger partial charge in [0, 0.05) is 6.08 Å². The SMILES string of the molecule is CCOc1ccc2nc(Sc3ccc(/C=C4\SC(=Nc5ccc(OC)cc5)NC4=O)o3)sc2c1. The second-order valence-electron chi connectivity index (χ2n) is 6.98. The number of amidine groups is 1. The lowest BCUT2D eigenvalue weighted by Crippen LogP contribution is -2.19. The predicted octanol–water partition coefficient (Wildman–Crippen LogP) is 6.34. The number of amides is 1. The van der Waals surface area contributed by atoms with Crippen molar-refractivity contribution in [3.05, 3.63) is 65.3 Å². The number of fused-ring (bicyclic) bond motifs is 1. The summed E-state index contributed by atoms with van der Waals surface area (Å²) in [6.07, 6.45) is 1.72. The molecule has 34 heavy (non-hydrogen) atoms. The zero-order valence-corrected chi connectivity index (χ0v) is 20.7. The van der Waals surface area contributed by atoms with Gasteiger partial charge in [0.15, 0.2) is 14.6 Å². The summed E-state index contributed by atoms with van der Waals surface area (Å²) in [5.74, 6) is 1.97. The average molecular weight is 510 g/mol. The minimum absolute atomic E-state index is 0.209. The summed E-state index contributed by atoms with van der Waals surface area (Å²) in [7, 11) is 1.61. The maximum Gasteiger partial charge on any atom is 0.264 e. The first-order valence-corrected chi connectivity index (χ1v) is 12.8. The zero-order chi connectivity index (χ0) is 23.5. The smallest absolute Gasteiger partial charge is 0.264 e. The van der Waals surface area contributed by atoms with Crippen LogP contribution in [-0.4, -0.2) is 29.8 Å². The molecule has 1 aliphatic rings. The largest absolute Gasteiger partial charge is 0.497 e. The van der Waals surface area contributed by atoms with Crippen LogP contribution in [-0.2, 0) is 4.79 Å². The molecule has 0 unspecified atom stereocenters. The van der Waals surface area contributed by atoms with Crippen LogP contribution in [0, 0.1) is 0 Å². The molecule has 5 rings (SSSR count). The number of methoxy groups -OCH3 is 1. The number of rotatable bonds is 7. The highest BCUT2D eigenvalue weighted by atomic mass is 32.2. The molecule has 1 saturated heterocycles. The molecule has 1 N–H and O–H groups in total. The number of furan rings is 1. The standard InChI is InChI=1S/C24H19N3O4S3/c1-3-30-16-8-10-18-19(12-16)33-24(26-18)34-21-11-9-17(31-21)13-20-22(28)27-23(32-20)25-14-4-6-15(29-2)7-5-14/h4-13H,3H2,1-2H3,(H,25,27,28)/b20-13-. The van der Waals surface area contributed by atoms with Gasteiger partial charge in [0.25, 0.3) is 5.91 Å². The van der Waals surface area contributed by atoms with E-state index in [1.54, 1.807) is 24.5 Å². The summed E-state index contributed by atoms with van der Waals surface area (Å²) in [4.78, 5) is 22.0. The third kappa shape index (κ3) is 5.14. The van der Waals surface area contributed by atoms with Crippen LogP contribution in [0.15, 0.2) is 78.3 Å². The quantitative estimate of drug-likeness (QED) is 0.291. The lowest BCUT2D eigenvalue weighted by Gasteiger charge is -2.00. The number of hydrogen-bond donors (Lipinski definition) is 1. The van der Waals surface area contributed by atoms with Gasteiger partial charge < -0.3 is 19.2 Å². The van der Waals surface area contributed by atoms with Crippen molar-refractivity contribution in [2.75, 3.05) is 13.7 Å². The molecule has 1 aliphatic heterocycles. The van der Waals surface area contributed by atoms with Gasteiger partial charge in [0.05, 0.1) is 34.5 Å². The van der Waals surface area contributed by atoms with Crippen LogP contribution in [0.2, 0.25) is 0 Å². The topological polar surface area (TPSA) is 86.0 Å². The molecule has 3 heterocycles. The van der Waals surface area contributed by atoms with Gasteiger partial charge in [0.1, 0.15) is 17.3 Å². The second kappa shape index (κ2) is 9.96. The second-order valence-corrected chi connectivity index (χ2v) is 10.3. The van der Waals surface area contributed by atoms with Crippen molar-refractivity contribution in [3.8, 4) is 11.5 Å². The first kappa shape index (κ1) is 22.6. The van der Waals surface area contributed by atoms with E-state index < -0.39 is 0 Å². The lowest BCUT2D eigenvalue weighted by molar-refractivity contribution is -0.115. The Morgan fingerprint density at radius 2 is 1.97 bits per heavy atom. The minimum atomic E-state index is -0.209. The van der Waals surface area contributed by atoms with Gasteiger partial charge in [-0.1, -0.05) is 0 Å².